The van der Waals surface area contributed by atoms with Gasteiger partial charge in [0.05, 0.1) is 6.10 Å². The van der Waals surface area contributed by atoms with Crippen LogP contribution in [0.5, 0.6) is 11.5 Å². The predicted molar refractivity (Wildman–Crippen MR) is 121 cm³/mol. The fourth-order valence-corrected chi connectivity index (χ4v) is 4.53. The number of aromatic nitrogens is 1. The summed E-state index contributed by atoms with van der Waals surface area (Å²) in [5.41, 5.74) is 0.739. The number of nitrogens with zero attached hydrogens (tertiary/aromatic N) is 3. The minimum absolute atomic E-state index is 0.124. The molecule has 2 fully saturated rings. The molecule has 2 aliphatic heterocycles. The van der Waals surface area contributed by atoms with E-state index in [1.807, 2.05) is 55.1 Å². The van der Waals surface area contributed by atoms with Crippen LogP contribution in [0.15, 0.2) is 48.8 Å². The summed E-state index contributed by atoms with van der Waals surface area (Å²) in [6, 6.07) is 11.9. The molecule has 0 spiro atoms. The molecule has 4 rings (SSSR count). The number of hydrogen-bond acceptors (Lipinski definition) is 5. The van der Waals surface area contributed by atoms with E-state index in [4.69, 9.17) is 9.47 Å². The van der Waals surface area contributed by atoms with Crippen molar-refractivity contribution >= 4 is 5.91 Å². The maximum atomic E-state index is 12.9. The normalized spacial score (nSPS) is 18.9. The van der Waals surface area contributed by atoms with E-state index in [0.717, 1.165) is 68.9 Å². The lowest BCUT2D eigenvalue weighted by atomic mass is 9.98. The van der Waals surface area contributed by atoms with Crippen molar-refractivity contribution < 1.29 is 14.3 Å². The first-order valence-electron chi connectivity index (χ1n) is 11.4. The van der Waals surface area contributed by atoms with Crippen LogP contribution in [0.25, 0.3) is 0 Å². The molecule has 166 valence electrons. The van der Waals surface area contributed by atoms with E-state index in [2.05, 4.69) is 9.88 Å². The van der Waals surface area contributed by atoms with Crippen LogP contribution in [-0.2, 0) is 0 Å². The van der Waals surface area contributed by atoms with E-state index < -0.39 is 0 Å². The van der Waals surface area contributed by atoms with Gasteiger partial charge in [0, 0.05) is 50.2 Å². The molecule has 0 bridgehead atoms. The first-order valence-corrected chi connectivity index (χ1v) is 11.4. The molecular weight excluding hydrogens is 390 g/mol. The maximum absolute atomic E-state index is 12.9. The second kappa shape index (κ2) is 10.1. The van der Waals surface area contributed by atoms with E-state index in [1.54, 1.807) is 12.4 Å². The molecule has 3 heterocycles. The van der Waals surface area contributed by atoms with Gasteiger partial charge in [0.2, 0.25) is 0 Å². The van der Waals surface area contributed by atoms with Crippen LogP contribution in [0.4, 0.5) is 0 Å². The summed E-state index contributed by atoms with van der Waals surface area (Å²) in [6.07, 6.45) is 8.13. The number of pyridine rings is 1. The van der Waals surface area contributed by atoms with Crippen LogP contribution in [0, 0.1) is 0 Å². The van der Waals surface area contributed by atoms with Crippen molar-refractivity contribution in [2.45, 2.75) is 57.8 Å². The number of carbonyl (C=O) groups excluding carboxylic acids is 1. The lowest BCUT2D eigenvalue weighted by molar-refractivity contribution is 0.0425. The molecule has 1 amide bonds. The molecular formula is C25H33N3O3. The first-order chi connectivity index (χ1) is 15.1. The van der Waals surface area contributed by atoms with Gasteiger partial charge in [-0.05, 0) is 75.9 Å². The van der Waals surface area contributed by atoms with Gasteiger partial charge in [-0.3, -0.25) is 14.7 Å². The Balaban J connectivity index is 1.22. The molecule has 2 saturated heterocycles. The number of amides is 1. The number of likely N-dealkylation sites (tertiary alicyclic amines) is 2. The van der Waals surface area contributed by atoms with Crippen molar-refractivity contribution in [2.75, 3.05) is 26.2 Å². The molecule has 1 aromatic carbocycles. The first kappa shape index (κ1) is 21.6. The van der Waals surface area contributed by atoms with E-state index in [0.29, 0.717) is 6.04 Å². The summed E-state index contributed by atoms with van der Waals surface area (Å²) in [6.45, 7) is 7.76. The highest BCUT2D eigenvalue weighted by Crippen LogP contribution is 2.25. The molecule has 0 atom stereocenters. The number of benzene rings is 1. The van der Waals surface area contributed by atoms with Crippen molar-refractivity contribution in [3.05, 3.63) is 54.4 Å². The molecule has 0 aliphatic carbocycles. The summed E-state index contributed by atoms with van der Waals surface area (Å²) in [5.74, 6) is 1.84. The molecule has 6 heteroatoms. The quantitative estimate of drug-likeness (QED) is 0.703. The molecule has 0 radical (unpaired) electrons. The third-order valence-corrected chi connectivity index (χ3v) is 6.17. The van der Waals surface area contributed by atoms with Gasteiger partial charge >= 0.3 is 0 Å². The van der Waals surface area contributed by atoms with Crippen LogP contribution in [0.2, 0.25) is 0 Å². The number of rotatable bonds is 6. The van der Waals surface area contributed by atoms with E-state index in [9.17, 15) is 4.79 Å². The molecule has 2 aromatic rings. The monoisotopic (exact) mass is 423 g/mol. The average Bonchev–Trinajstić information content (AvgIpc) is 2.80. The van der Waals surface area contributed by atoms with E-state index >= 15 is 0 Å². The lowest BCUT2D eigenvalue weighted by Gasteiger charge is -2.41. The fraction of sp³-hybridized carbons (Fsp3) is 0.520. The highest BCUT2D eigenvalue weighted by Gasteiger charge is 2.30. The molecule has 2 aliphatic rings. The Kier molecular flexibility index (Phi) is 7.07. The predicted octanol–water partition coefficient (Wildman–Crippen LogP) is 4.02. The van der Waals surface area contributed by atoms with Gasteiger partial charge in [-0.15, -0.1) is 0 Å². The fourth-order valence-electron chi connectivity index (χ4n) is 4.53. The SMILES string of the molecule is CC(C)Oc1ccc(C(=O)N2CCC(N3CCC(Oc4ccncc4)CC3)CC2)cc1. The van der Waals surface area contributed by atoms with Gasteiger partial charge in [0.25, 0.3) is 5.91 Å². The van der Waals surface area contributed by atoms with Gasteiger partial charge in [-0.2, -0.15) is 0 Å². The van der Waals surface area contributed by atoms with Gasteiger partial charge in [0.15, 0.2) is 0 Å². The second-order valence-electron chi connectivity index (χ2n) is 8.75. The van der Waals surface area contributed by atoms with Gasteiger partial charge in [-0.25, -0.2) is 0 Å². The van der Waals surface area contributed by atoms with Crippen molar-refractivity contribution in [3.63, 3.8) is 0 Å². The van der Waals surface area contributed by atoms with Crippen LogP contribution >= 0.6 is 0 Å². The number of hydrogen-bond donors (Lipinski definition) is 0. The van der Waals surface area contributed by atoms with Crippen LogP contribution in [0.3, 0.4) is 0 Å². The summed E-state index contributed by atoms with van der Waals surface area (Å²) in [4.78, 5) is 21.5. The largest absolute Gasteiger partial charge is 0.491 e. The molecule has 1 aromatic heterocycles. The van der Waals surface area contributed by atoms with E-state index in [-0.39, 0.29) is 18.1 Å². The highest BCUT2D eigenvalue weighted by molar-refractivity contribution is 5.94. The van der Waals surface area contributed by atoms with Crippen molar-refractivity contribution in [1.29, 1.82) is 0 Å². The standard InChI is InChI=1S/C25H33N3O3/c1-19(2)30-22-5-3-20(4-6-22)25(29)28-15-9-21(10-16-28)27-17-11-24(12-18-27)31-23-7-13-26-14-8-23/h3-8,13-14,19,21,24H,9-12,15-18H2,1-2H3. The topological polar surface area (TPSA) is 54.9 Å². The van der Waals surface area contributed by atoms with Crippen molar-refractivity contribution in [1.82, 2.24) is 14.8 Å². The maximum Gasteiger partial charge on any atom is 0.253 e. The van der Waals surface area contributed by atoms with Gasteiger partial charge in [-0.1, -0.05) is 0 Å². The van der Waals surface area contributed by atoms with Gasteiger partial charge < -0.3 is 14.4 Å². The molecule has 6 nitrogen and oxygen atoms in total. The highest BCUT2D eigenvalue weighted by atomic mass is 16.5. The molecule has 31 heavy (non-hydrogen) atoms. The third-order valence-electron chi connectivity index (χ3n) is 6.17. The Morgan fingerprint density at radius 3 is 2.16 bits per heavy atom. The second-order valence-corrected chi connectivity index (χ2v) is 8.75. The van der Waals surface area contributed by atoms with E-state index in [1.165, 1.54) is 0 Å². The Bertz CT molecular complexity index is 825. The Morgan fingerprint density at radius 1 is 0.903 bits per heavy atom. The molecule has 0 unspecified atom stereocenters. The zero-order chi connectivity index (χ0) is 21.6. The number of carbonyl (C=O) groups is 1. The zero-order valence-electron chi connectivity index (χ0n) is 18.6. The van der Waals surface area contributed by atoms with Crippen LogP contribution in [0.1, 0.15) is 49.9 Å². The average molecular weight is 424 g/mol. The number of ether oxygens (including phenoxy) is 2. The summed E-state index contributed by atoms with van der Waals surface area (Å²) < 4.78 is 11.8. The third kappa shape index (κ3) is 5.76. The summed E-state index contributed by atoms with van der Waals surface area (Å²) in [5, 5.41) is 0. The molecule has 0 N–H and O–H groups in total. The number of piperidine rings is 2. The Hall–Kier alpha value is -2.60. The minimum Gasteiger partial charge on any atom is -0.491 e. The minimum atomic E-state index is 0.124. The Morgan fingerprint density at radius 2 is 1.55 bits per heavy atom. The zero-order valence-corrected chi connectivity index (χ0v) is 18.6. The summed E-state index contributed by atoms with van der Waals surface area (Å²) in [7, 11) is 0. The summed E-state index contributed by atoms with van der Waals surface area (Å²) >= 11 is 0. The van der Waals surface area contributed by atoms with Crippen molar-refractivity contribution in [3.8, 4) is 11.5 Å². The Labute approximate surface area is 185 Å². The molecule has 0 saturated carbocycles. The van der Waals surface area contributed by atoms with Gasteiger partial charge in [0.1, 0.15) is 17.6 Å². The van der Waals surface area contributed by atoms with Crippen LogP contribution in [-0.4, -0.2) is 65.1 Å². The smallest absolute Gasteiger partial charge is 0.253 e. The van der Waals surface area contributed by atoms with Crippen molar-refractivity contribution in [2.24, 2.45) is 0 Å². The lowest BCUT2D eigenvalue weighted by Crippen LogP contribution is -2.50. The van der Waals surface area contributed by atoms with Crippen LogP contribution < -0.4 is 9.47 Å².